The summed E-state index contributed by atoms with van der Waals surface area (Å²) in [6, 6.07) is 4.25. The number of aliphatic hydroxyl groups excluding tert-OH is 1. The van der Waals surface area contributed by atoms with Crippen molar-refractivity contribution in [2.45, 2.75) is 19.4 Å². The smallest absolute Gasteiger partial charge is 0.251 e. The Labute approximate surface area is 123 Å². The number of carbonyl (C=O) groups excluding carboxylic acids is 1. The van der Waals surface area contributed by atoms with E-state index < -0.39 is 5.82 Å². The highest BCUT2D eigenvalue weighted by Crippen LogP contribution is 2.10. The van der Waals surface area contributed by atoms with Gasteiger partial charge in [0.2, 0.25) is 0 Å². The number of thioether (sulfide) groups is 1. The van der Waals surface area contributed by atoms with E-state index in [0.717, 1.165) is 5.75 Å². The van der Waals surface area contributed by atoms with Gasteiger partial charge >= 0.3 is 0 Å². The van der Waals surface area contributed by atoms with Crippen molar-refractivity contribution in [3.63, 3.8) is 0 Å². The molecule has 0 aliphatic heterocycles. The molecule has 1 rings (SSSR count). The number of halogens is 1. The van der Waals surface area contributed by atoms with E-state index >= 15 is 0 Å². The zero-order chi connectivity index (χ0) is 15.0. The number of amides is 1. The van der Waals surface area contributed by atoms with Gasteiger partial charge in [-0.3, -0.25) is 4.79 Å². The number of hydrogen-bond acceptors (Lipinski definition) is 3. The molecule has 20 heavy (non-hydrogen) atoms. The van der Waals surface area contributed by atoms with Crippen LogP contribution in [-0.2, 0) is 0 Å². The van der Waals surface area contributed by atoms with Crippen LogP contribution in [0.3, 0.4) is 0 Å². The molecule has 3 nitrogen and oxygen atoms in total. The Morgan fingerprint density at radius 1 is 1.55 bits per heavy atom. The molecule has 2 N–H and O–H groups in total. The molecule has 1 aromatic rings. The highest BCUT2D eigenvalue weighted by atomic mass is 32.2. The van der Waals surface area contributed by atoms with Crippen LogP contribution in [0.5, 0.6) is 0 Å². The second-order valence-electron chi connectivity index (χ2n) is 4.30. The molecule has 1 aromatic carbocycles. The van der Waals surface area contributed by atoms with Gasteiger partial charge in [0.25, 0.3) is 5.91 Å². The summed E-state index contributed by atoms with van der Waals surface area (Å²) >= 11 is 1.64. The molecule has 108 valence electrons. The van der Waals surface area contributed by atoms with Gasteiger partial charge in [0, 0.05) is 23.8 Å². The molecule has 0 saturated heterocycles. The highest BCUT2D eigenvalue weighted by Gasteiger charge is 2.11. The molecule has 0 spiro atoms. The van der Waals surface area contributed by atoms with Crippen molar-refractivity contribution in [1.82, 2.24) is 5.32 Å². The Hall–Kier alpha value is -1.51. The SMILES string of the molecule is CSCC(C)NC(=O)c1ccc(C#CCCO)c(F)c1. The summed E-state index contributed by atoms with van der Waals surface area (Å²) in [5, 5.41) is 11.4. The molecule has 5 heteroatoms. The van der Waals surface area contributed by atoms with Gasteiger partial charge in [-0.15, -0.1) is 0 Å². The van der Waals surface area contributed by atoms with Crippen LogP contribution in [0, 0.1) is 17.7 Å². The molecule has 0 aliphatic rings. The predicted molar refractivity (Wildman–Crippen MR) is 80.3 cm³/mol. The lowest BCUT2D eigenvalue weighted by atomic mass is 10.1. The monoisotopic (exact) mass is 295 g/mol. The summed E-state index contributed by atoms with van der Waals surface area (Å²) in [5.74, 6) is 5.25. The quantitative estimate of drug-likeness (QED) is 0.817. The van der Waals surface area contributed by atoms with Crippen molar-refractivity contribution in [2.24, 2.45) is 0 Å². The summed E-state index contributed by atoms with van der Waals surface area (Å²) in [6.07, 6.45) is 2.26. The average molecular weight is 295 g/mol. The summed E-state index contributed by atoms with van der Waals surface area (Å²) in [4.78, 5) is 11.9. The second kappa shape index (κ2) is 8.62. The fraction of sp³-hybridized carbons (Fsp3) is 0.400. The van der Waals surface area contributed by atoms with E-state index in [9.17, 15) is 9.18 Å². The first kappa shape index (κ1) is 16.5. The maximum absolute atomic E-state index is 13.8. The van der Waals surface area contributed by atoms with E-state index in [0.29, 0.717) is 6.42 Å². The summed E-state index contributed by atoms with van der Waals surface area (Å²) in [5.41, 5.74) is 0.510. The normalized spacial score (nSPS) is 11.4. The largest absolute Gasteiger partial charge is 0.395 e. The van der Waals surface area contributed by atoms with Gasteiger partial charge in [-0.05, 0) is 31.4 Å². The van der Waals surface area contributed by atoms with Crippen molar-refractivity contribution < 1.29 is 14.3 Å². The molecule has 0 aliphatic carbocycles. The Kier molecular flexibility index (Phi) is 7.13. The lowest BCUT2D eigenvalue weighted by molar-refractivity contribution is 0.0943. The molecule has 0 fully saturated rings. The Bertz CT molecular complexity index is 522. The third-order valence-electron chi connectivity index (χ3n) is 2.49. The first-order valence-electron chi connectivity index (χ1n) is 6.27. The van der Waals surface area contributed by atoms with Gasteiger partial charge in [0.15, 0.2) is 0 Å². The fourth-order valence-electron chi connectivity index (χ4n) is 1.57. The lowest BCUT2D eigenvalue weighted by Gasteiger charge is -2.12. The summed E-state index contributed by atoms with van der Waals surface area (Å²) in [6.45, 7) is 1.85. The van der Waals surface area contributed by atoms with Crippen LogP contribution >= 0.6 is 11.8 Å². The van der Waals surface area contributed by atoms with Crippen LogP contribution in [-0.4, -0.2) is 35.7 Å². The van der Waals surface area contributed by atoms with Crippen LogP contribution < -0.4 is 5.32 Å². The van der Waals surface area contributed by atoms with Crippen molar-refractivity contribution in [3.05, 3.63) is 35.1 Å². The molecule has 0 radical (unpaired) electrons. The summed E-state index contributed by atoms with van der Waals surface area (Å²) in [7, 11) is 0. The molecule has 1 unspecified atom stereocenters. The van der Waals surface area contributed by atoms with Gasteiger partial charge in [0.1, 0.15) is 5.82 Å². The minimum absolute atomic E-state index is 0.0320. The number of aliphatic hydroxyl groups is 1. The molecule has 0 aromatic heterocycles. The van der Waals surface area contributed by atoms with Gasteiger partial charge in [-0.25, -0.2) is 4.39 Å². The van der Waals surface area contributed by atoms with Crippen molar-refractivity contribution in [2.75, 3.05) is 18.6 Å². The van der Waals surface area contributed by atoms with Crippen LogP contribution in [0.2, 0.25) is 0 Å². The van der Waals surface area contributed by atoms with Crippen LogP contribution in [0.1, 0.15) is 29.3 Å². The van der Waals surface area contributed by atoms with Crippen LogP contribution in [0.25, 0.3) is 0 Å². The van der Waals surface area contributed by atoms with Gasteiger partial charge in [-0.2, -0.15) is 11.8 Å². The van der Waals surface area contributed by atoms with Crippen LogP contribution in [0.15, 0.2) is 18.2 Å². The van der Waals surface area contributed by atoms with E-state index in [1.165, 1.54) is 12.1 Å². The highest BCUT2D eigenvalue weighted by molar-refractivity contribution is 7.98. The van der Waals surface area contributed by atoms with Crippen molar-refractivity contribution >= 4 is 17.7 Å². The van der Waals surface area contributed by atoms with Crippen molar-refractivity contribution in [1.29, 1.82) is 0 Å². The predicted octanol–water partition coefficient (Wildman–Crippen LogP) is 2.04. The maximum Gasteiger partial charge on any atom is 0.251 e. The molecule has 1 amide bonds. The van der Waals surface area contributed by atoms with Gasteiger partial charge < -0.3 is 10.4 Å². The zero-order valence-corrected chi connectivity index (χ0v) is 12.4. The third kappa shape index (κ3) is 5.24. The van der Waals surface area contributed by atoms with E-state index in [1.807, 2.05) is 13.2 Å². The molecular formula is C15H18FNO2S. The second-order valence-corrected chi connectivity index (χ2v) is 5.21. The number of nitrogens with one attached hydrogen (secondary N) is 1. The standard InChI is InChI=1S/C15H18FNO2S/c1-11(10-20-2)17-15(19)13-7-6-12(14(16)9-13)5-3-4-8-18/h6-7,9,11,18H,4,8,10H2,1-2H3,(H,17,19). The molecule has 0 saturated carbocycles. The van der Waals surface area contributed by atoms with Gasteiger partial charge in [-0.1, -0.05) is 11.8 Å². The average Bonchev–Trinajstić information content (AvgIpc) is 2.41. The number of rotatable bonds is 5. The number of benzene rings is 1. The Morgan fingerprint density at radius 2 is 2.30 bits per heavy atom. The molecule has 0 bridgehead atoms. The topological polar surface area (TPSA) is 49.3 Å². The Balaban J connectivity index is 2.77. The minimum atomic E-state index is -0.527. The molecule has 0 heterocycles. The van der Waals surface area contributed by atoms with Crippen LogP contribution in [0.4, 0.5) is 4.39 Å². The van der Waals surface area contributed by atoms with E-state index in [2.05, 4.69) is 17.2 Å². The third-order valence-corrected chi connectivity index (χ3v) is 3.32. The fourth-order valence-corrected chi connectivity index (χ4v) is 2.15. The first-order valence-corrected chi connectivity index (χ1v) is 7.67. The van der Waals surface area contributed by atoms with Gasteiger partial charge in [0.05, 0.1) is 12.2 Å². The number of carbonyl (C=O) groups is 1. The van der Waals surface area contributed by atoms with E-state index in [-0.39, 0.29) is 29.7 Å². The maximum atomic E-state index is 13.8. The van der Waals surface area contributed by atoms with E-state index in [4.69, 9.17) is 5.11 Å². The number of hydrogen-bond donors (Lipinski definition) is 2. The van der Waals surface area contributed by atoms with Crippen molar-refractivity contribution in [3.8, 4) is 11.8 Å². The first-order chi connectivity index (χ1) is 9.58. The zero-order valence-electron chi connectivity index (χ0n) is 11.6. The Morgan fingerprint density at radius 3 is 2.90 bits per heavy atom. The minimum Gasteiger partial charge on any atom is -0.395 e. The summed E-state index contributed by atoms with van der Waals surface area (Å²) < 4.78 is 13.8. The lowest BCUT2D eigenvalue weighted by Crippen LogP contribution is -2.34. The molecule has 1 atom stereocenters. The molecular weight excluding hydrogens is 277 g/mol. The van der Waals surface area contributed by atoms with E-state index in [1.54, 1.807) is 17.8 Å².